The Bertz CT molecular complexity index is 794. The first kappa shape index (κ1) is 18.5. The number of alkyl halides is 3. The van der Waals surface area contributed by atoms with Gasteiger partial charge in [-0.3, -0.25) is 14.2 Å². The van der Waals surface area contributed by atoms with E-state index >= 15 is 0 Å². The number of hydrogen-bond acceptors (Lipinski definition) is 5. The van der Waals surface area contributed by atoms with Crippen LogP contribution in [0.15, 0.2) is 12.3 Å². The molecule has 0 unspecified atom stereocenters. The van der Waals surface area contributed by atoms with Crippen LogP contribution in [0.3, 0.4) is 0 Å². The third kappa shape index (κ3) is 4.17. The average Bonchev–Trinajstić information content (AvgIpc) is 3.07. The molecule has 8 nitrogen and oxygen atoms in total. The van der Waals surface area contributed by atoms with Crippen molar-refractivity contribution in [2.24, 2.45) is 7.05 Å². The number of hydrogen-bond donors (Lipinski definition) is 1. The molecular formula is C14H16F3N5O3. The molecule has 0 aliphatic rings. The van der Waals surface area contributed by atoms with Gasteiger partial charge in [-0.15, -0.1) is 0 Å². The van der Waals surface area contributed by atoms with Gasteiger partial charge in [-0.2, -0.15) is 23.4 Å². The molecule has 1 N–H and O–H groups in total. The summed E-state index contributed by atoms with van der Waals surface area (Å²) in [5, 5.41) is 9.79. The molecule has 0 fully saturated rings. The van der Waals surface area contributed by atoms with Gasteiger partial charge in [0.05, 0.1) is 19.0 Å². The maximum Gasteiger partial charge on any atom is 0.435 e. The van der Waals surface area contributed by atoms with Crippen LogP contribution in [0.4, 0.5) is 18.9 Å². The Kier molecular flexibility index (Phi) is 5.14. The summed E-state index contributed by atoms with van der Waals surface area (Å²) in [5.41, 5.74) is -0.500. The second-order valence-corrected chi connectivity index (χ2v) is 5.21. The highest BCUT2D eigenvalue weighted by molar-refractivity contribution is 5.99. The topological polar surface area (TPSA) is 91.0 Å². The van der Waals surface area contributed by atoms with Gasteiger partial charge in [0.25, 0.3) is 0 Å². The standard InChI is InChI=1S/C14H16F3N5O3/c1-8-6-10(14(15,16)17)20-22(8)5-4-11(23)19-9-7-18-21(2)12(9)13(24)25-3/h6-7H,4-5H2,1-3H3,(H,19,23). The molecule has 2 heterocycles. The molecule has 0 aromatic carbocycles. The van der Waals surface area contributed by atoms with Crippen LogP contribution in [0, 0.1) is 6.92 Å². The van der Waals surface area contributed by atoms with Crippen LogP contribution in [0.25, 0.3) is 0 Å². The lowest BCUT2D eigenvalue weighted by atomic mass is 10.3. The number of amides is 1. The van der Waals surface area contributed by atoms with Crippen molar-refractivity contribution in [1.29, 1.82) is 0 Å². The van der Waals surface area contributed by atoms with E-state index in [9.17, 15) is 22.8 Å². The van der Waals surface area contributed by atoms with Gasteiger partial charge in [0, 0.05) is 25.7 Å². The largest absolute Gasteiger partial charge is 0.464 e. The van der Waals surface area contributed by atoms with Crippen LogP contribution in [0.1, 0.15) is 28.3 Å². The third-order valence-corrected chi connectivity index (χ3v) is 3.41. The molecule has 0 saturated heterocycles. The van der Waals surface area contributed by atoms with Gasteiger partial charge in [-0.25, -0.2) is 4.79 Å². The smallest absolute Gasteiger partial charge is 0.435 e. The lowest BCUT2D eigenvalue weighted by Crippen LogP contribution is -2.18. The number of aryl methyl sites for hydroxylation is 3. The van der Waals surface area contributed by atoms with E-state index < -0.39 is 23.7 Å². The van der Waals surface area contributed by atoms with Crippen LogP contribution in [-0.2, 0) is 29.3 Å². The second-order valence-electron chi connectivity index (χ2n) is 5.21. The highest BCUT2D eigenvalue weighted by atomic mass is 19.4. The number of carbonyl (C=O) groups excluding carboxylic acids is 2. The SMILES string of the molecule is COC(=O)c1c(NC(=O)CCn2nc(C(F)(F)F)cc2C)cnn1C. The second kappa shape index (κ2) is 6.95. The van der Waals surface area contributed by atoms with Crippen LogP contribution < -0.4 is 5.32 Å². The Morgan fingerprint density at radius 2 is 2.04 bits per heavy atom. The van der Waals surface area contributed by atoms with Crippen molar-refractivity contribution < 1.29 is 27.5 Å². The number of esters is 1. The van der Waals surface area contributed by atoms with Crippen molar-refractivity contribution >= 4 is 17.6 Å². The van der Waals surface area contributed by atoms with Gasteiger partial charge in [0.2, 0.25) is 5.91 Å². The highest BCUT2D eigenvalue weighted by Gasteiger charge is 2.34. The van der Waals surface area contributed by atoms with E-state index in [1.165, 1.54) is 32.0 Å². The van der Waals surface area contributed by atoms with Gasteiger partial charge in [-0.1, -0.05) is 0 Å². The molecule has 0 aliphatic heterocycles. The first-order valence-corrected chi connectivity index (χ1v) is 7.15. The molecule has 136 valence electrons. The van der Waals surface area contributed by atoms with Crippen molar-refractivity contribution in [1.82, 2.24) is 19.6 Å². The average molecular weight is 359 g/mol. The lowest BCUT2D eigenvalue weighted by Gasteiger charge is -2.07. The first-order chi connectivity index (χ1) is 11.6. The summed E-state index contributed by atoms with van der Waals surface area (Å²) in [6.45, 7) is 1.43. The normalized spacial score (nSPS) is 11.4. The first-order valence-electron chi connectivity index (χ1n) is 7.15. The van der Waals surface area contributed by atoms with E-state index in [1.807, 2.05) is 0 Å². The molecule has 2 aromatic heterocycles. The number of rotatable bonds is 5. The molecule has 2 rings (SSSR count). The predicted octanol–water partition coefficient (Wildman–Crippen LogP) is 1.76. The fourth-order valence-electron chi connectivity index (χ4n) is 2.16. The molecule has 0 bridgehead atoms. The van der Waals surface area contributed by atoms with Crippen LogP contribution in [0.2, 0.25) is 0 Å². The van der Waals surface area contributed by atoms with E-state index in [1.54, 1.807) is 0 Å². The maximum absolute atomic E-state index is 12.6. The molecule has 25 heavy (non-hydrogen) atoms. The zero-order chi connectivity index (χ0) is 18.8. The Balaban J connectivity index is 2.03. The van der Waals surface area contributed by atoms with Crippen LogP contribution in [-0.4, -0.2) is 38.5 Å². The quantitative estimate of drug-likeness (QED) is 0.822. The van der Waals surface area contributed by atoms with Gasteiger partial charge < -0.3 is 10.1 Å². The molecular weight excluding hydrogens is 343 g/mol. The summed E-state index contributed by atoms with van der Waals surface area (Å²) < 4.78 is 44.8. The van der Waals surface area contributed by atoms with E-state index in [4.69, 9.17) is 0 Å². The number of nitrogens with zero attached hydrogens (tertiary/aromatic N) is 4. The number of ether oxygens (including phenoxy) is 1. The zero-order valence-electron chi connectivity index (χ0n) is 13.7. The fraction of sp³-hybridized carbons (Fsp3) is 0.429. The molecule has 0 aliphatic carbocycles. The predicted molar refractivity (Wildman–Crippen MR) is 79.8 cm³/mol. The Hall–Kier alpha value is -2.85. The maximum atomic E-state index is 12.6. The summed E-state index contributed by atoms with van der Waals surface area (Å²) in [4.78, 5) is 23.7. The van der Waals surface area contributed by atoms with E-state index in [0.717, 1.165) is 10.7 Å². The monoisotopic (exact) mass is 359 g/mol. The summed E-state index contributed by atoms with van der Waals surface area (Å²) in [6.07, 6.45) is -3.39. The van der Waals surface area contributed by atoms with Crippen LogP contribution >= 0.6 is 0 Å². The van der Waals surface area contributed by atoms with Crippen molar-refractivity contribution in [2.75, 3.05) is 12.4 Å². The summed E-state index contributed by atoms with van der Waals surface area (Å²) in [7, 11) is 2.70. The minimum atomic E-state index is -4.54. The van der Waals surface area contributed by atoms with Gasteiger partial charge in [0.1, 0.15) is 0 Å². The van der Waals surface area contributed by atoms with Crippen LogP contribution in [0.5, 0.6) is 0 Å². The molecule has 2 aromatic rings. The Labute approximate surface area is 140 Å². The van der Waals surface area contributed by atoms with Crippen molar-refractivity contribution in [3.63, 3.8) is 0 Å². The minimum absolute atomic E-state index is 0.0401. The van der Waals surface area contributed by atoms with Crippen molar-refractivity contribution in [3.05, 3.63) is 29.3 Å². The molecule has 0 spiro atoms. The molecule has 0 saturated carbocycles. The van der Waals surface area contributed by atoms with Crippen molar-refractivity contribution in [2.45, 2.75) is 26.1 Å². The minimum Gasteiger partial charge on any atom is -0.464 e. The van der Waals surface area contributed by atoms with Gasteiger partial charge in [0.15, 0.2) is 11.4 Å². The van der Waals surface area contributed by atoms with E-state index in [2.05, 4.69) is 20.3 Å². The van der Waals surface area contributed by atoms with Gasteiger partial charge in [-0.05, 0) is 13.0 Å². The number of carbonyl (C=O) groups is 2. The number of aromatic nitrogens is 4. The highest BCUT2D eigenvalue weighted by Crippen LogP contribution is 2.28. The number of nitrogens with one attached hydrogen (secondary N) is 1. The van der Waals surface area contributed by atoms with E-state index in [0.29, 0.717) is 0 Å². The van der Waals surface area contributed by atoms with E-state index in [-0.39, 0.29) is 30.0 Å². The molecule has 0 radical (unpaired) electrons. The lowest BCUT2D eigenvalue weighted by molar-refractivity contribution is -0.141. The third-order valence-electron chi connectivity index (χ3n) is 3.41. The van der Waals surface area contributed by atoms with Gasteiger partial charge >= 0.3 is 12.1 Å². The molecule has 1 amide bonds. The summed E-state index contributed by atoms with van der Waals surface area (Å²) >= 11 is 0. The molecule has 0 atom stereocenters. The van der Waals surface area contributed by atoms with Crippen molar-refractivity contribution in [3.8, 4) is 0 Å². The Morgan fingerprint density at radius 1 is 1.36 bits per heavy atom. The molecule has 11 heteroatoms. The summed E-state index contributed by atoms with van der Waals surface area (Å²) in [6, 6.07) is 0.911. The summed E-state index contributed by atoms with van der Waals surface area (Å²) in [5.74, 6) is -1.17. The zero-order valence-corrected chi connectivity index (χ0v) is 13.7. The number of halogens is 3. The number of methoxy groups -OCH3 is 1. The fourth-order valence-corrected chi connectivity index (χ4v) is 2.16. The Morgan fingerprint density at radius 3 is 2.60 bits per heavy atom. The number of anilines is 1.